The number of ether oxygens (including phenoxy) is 2. The Labute approximate surface area is 178 Å². The third kappa shape index (κ3) is 5.90. The number of aromatic nitrogens is 2. The molecule has 1 aliphatic heterocycles. The molecule has 0 aliphatic carbocycles. The van der Waals surface area contributed by atoms with Gasteiger partial charge in [0.1, 0.15) is 18.2 Å². The van der Waals surface area contributed by atoms with Crippen molar-refractivity contribution in [3.05, 3.63) is 41.7 Å². The Hall–Kier alpha value is -2.23. The van der Waals surface area contributed by atoms with E-state index >= 15 is 0 Å². The molecule has 0 radical (unpaired) electrons. The van der Waals surface area contributed by atoms with E-state index in [1.54, 1.807) is 25.1 Å². The van der Waals surface area contributed by atoms with Crippen molar-refractivity contribution in [1.29, 1.82) is 0 Å². The maximum atomic E-state index is 12.5. The first kappa shape index (κ1) is 22.5. The lowest BCUT2D eigenvalue weighted by Gasteiger charge is -2.28. The van der Waals surface area contributed by atoms with Crippen LogP contribution < -0.4 is 14.4 Å². The Morgan fingerprint density at radius 3 is 2.43 bits per heavy atom. The van der Waals surface area contributed by atoms with Crippen molar-refractivity contribution in [3.8, 4) is 5.88 Å². The highest BCUT2D eigenvalue weighted by Crippen LogP contribution is 2.23. The van der Waals surface area contributed by atoms with Gasteiger partial charge in [-0.15, -0.1) is 0 Å². The summed E-state index contributed by atoms with van der Waals surface area (Å²) in [5.74, 6) is 1.83. The smallest absolute Gasteiger partial charge is 0.240 e. The summed E-state index contributed by atoms with van der Waals surface area (Å²) in [5, 5.41) is 0. The zero-order chi connectivity index (χ0) is 21.8. The lowest BCUT2D eigenvalue weighted by atomic mass is 9.87. The number of nitrogens with one attached hydrogen (secondary N) is 1. The molecule has 164 valence electrons. The fourth-order valence-corrected chi connectivity index (χ4v) is 4.12. The zero-order valence-corrected chi connectivity index (χ0v) is 18.8. The maximum absolute atomic E-state index is 12.5. The van der Waals surface area contributed by atoms with Gasteiger partial charge in [-0.2, -0.15) is 4.98 Å². The number of rotatable bonds is 7. The third-order valence-electron chi connectivity index (χ3n) is 4.81. The molecule has 2 aromatic rings. The van der Waals surface area contributed by atoms with Crippen LogP contribution in [0.3, 0.4) is 0 Å². The molecule has 1 aliphatic rings. The minimum absolute atomic E-state index is 0.0285. The second-order valence-corrected chi connectivity index (χ2v) is 10.00. The lowest BCUT2D eigenvalue weighted by Crippen LogP contribution is -2.37. The number of morpholine rings is 1. The number of sulfonamides is 1. The second kappa shape index (κ2) is 9.28. The van der Waals surface area contributed by atoms with Gasteiger partial charge in [0.2, 0.25) is 15.9 Å². The molecule has 0 amide bonds. The highest BCUT2D eigenvalue weighted by molar-refractivity contribution is 7.89. The van der Waals surface area contributed by atoms with Gasteiger partial charge in [0.05, 0.1) is 18.1 Å². The third-order valence-corrected chi connectivity index (χ3v) is 6.29. The van der Waals surface area contributed by atoms with E-state index in [9.17, 15) is 8.42 Å². The Morgan fingerprint density at radius 2 is 1.80 bits per heavy atom. The zero-order valence-electron chi connectivity index (χ0n) is 18.0. The molecular formula is C21H30N4O4S. The summed E-state index contributed by atoms with van der Waals surface area (Å²) in [6, 6.07) is 8.74. The lowest BCUT2D eigenvalue weighted by molar-refractivity contribution is 0.122. The van der Waals surface area contributed by atoms with E-state index in [0.717, 1.165) is 24.5 Å². The summed E-state index contributed by atoms with van der Waals surface area (Å²) >= 11 is 0. The van der Waals surface area contributed by atoms with Crippen LogP contribution in [-0.4, -0.2) is 57.8 Å². The van der Waals surface area contributed by atoms with Gasteiger partial charge in [-0.3, -0.25) is 0 Å². The molecule has 1 N–H and O–H groups in total. The van der Waals surface area contributed by atoms with Crippen molar-refractivity contribution in [2.24, 2.45) is 0 Å². The second-order valence-electron chi connectivity index (χ2n) is 8.23. The van der Waals surface area contributed by atoms with E-state index < -0.39 is 10.0 Å². The van der Waals surface area contributed by atoms with Gasteiger partial charge in [0.25, 0.3) is 0 Å². The van der Waals surface area contributed by atoms with Crippen molar-refractivity contribution in [1.82, 2.24) is 14.7 Å². The van der Waals surface area contributed by atoms with E-state index in [1.807, 2.05) is 12.1 Å². The topological polar surface area (TPSA) is 93.6 Å². The molecule has 1 fully saturated rings. The summed E-state index contributed by atoms with van der Waals surface area (Å²) in [6.45, 7) is 11.2. The molecule has 2 heterocycles. The fraction of sp³-hybridized carbons (Fsp3) is 0.524. The molecule has 8 nitrogen and oxygen atoms in total. The molecule has 0 unspecified atom stereocenters. The number of benzene rings is 1. The van der Waals surface area contributed by atoms with E-state index in [-0.39, 0.29) is 23.5 Å². The molecule has 1 aromatic heterocycles. The molecule has 1 aromatic carbocycles. The van der Waals surface area contributed by atoms with Gasteiger partial charge in [-0.25, -0.2) is 18.1 Å². The molecule has 0 spiro atoms. The fourth-order valence-electron chi connectivity index (χ4n) is 3.10. The van der Waals surface area contributed by atoms with Crippen molar-refractivity contribution < 1.29 is 17.9 Å². The van der Waals surface area contributed by atoms with Crippen LogP contribution >= 0.6 is 0 Å². The molecule has 1 saturated heterocycles. The largest absolute Gasteiger partial charge is 0.476 e. The van der Waals surface area contributed by atoms with Crippen LogP contribution in [0.4, 0.5) is 5.82 Å². The van der Waals surface area contributed by atoms with E-state index in [1.165, 1.54) is 0 Å². The number of nitrogens with zero attached hydrogens (tertiary/aromatic N) is 3. The predicted molar refractivity (Wildman–Crippen MR) is 116 cm³/mol. The monoisotopic (exact) mass is 434 g/mol. The van der Waals surface area contributed by atoms with Gasteiger partial charge in [-0.05, 0) is 30.0 Å². The Kier molecular flexibility index (Phi) is 6.95. The number of hydrogen-bond donors (Lipinski definition) is 1. The van der Waals surface area contributed by atoms with E-state index in [4.69, 9.17) is 9.47 Å². The minimum atomic E-state index is -3.60. The summed E-state index contributed by atoms with van der Waals surface area (Å²) in [6.07, 6.45) is 0. The van der Waals surface area contributed by atoms with Gasteiger partial charge >= 0.3 is 0 Å². The SMILES string of the molecule is Cc1nc(OCCNS(=O)(=O)c2ccc(C(C)(C)C)cc2)cc(N2CCOCC2)n1. The van der Waals surface area contributed by atoms with Crippen LogP contribution in [0.5, 0.6) is 5.88 Å². The molecule has 3 rings (SSSR count). The number of hydrogen-bond acceptors (Lipinski definition) is 7. The highest BCUT2D eigenvalue weighted by atomic mass is 32.2. The predicted octanol–water partition coefficient (Wildman–Crippen LogP) is 2.28. The van der Waals surface area contributed by atoms with Crippen LogP contribution in [0.15, 0.2) is 35.2 Å². The summed E-state index contributed by atoms with van der Waals surface area (Å²) < 4.78 is 38.6. The maximum Gasteiger partial charge on any atom is 0.240 e. The van der Waals surface area contributed by atoms with E-state index in [2.05, 4.69) is 40.4 Å². The van der Waals surface area contributed by atoms with Crippen molar-refractivity contribution in [2.45, 2.75) is 38.0 Å². The standard InChI is InChI=1S/C21H30N4O4S/c1-16-23-19(25-10-13-28-14-11-25)15-20(24-16)29-12-9-22-30(26,27)18-7-5-17(6-8-18)21(2,3)4/h5-8,15,22H,9-14H2,1-4H3. The van der Waals surface area contributed by atoms with E-state index in [0.29, 0.717) is 24.9 Å². The van der Waals surface area contributed by atoms with Gasteiger partial charge in [0, 0.05) is 25.7 Å². The Morgan fingerprint density at radius 1 is 1.13 bits per heavy atom. The van der Waals surface area contributed by atoms with Crippen LogP contribution in [-0.2, 0) is 20.2 Å². The van der Waals surface area contributed by atoms with Crippen LogP contribution in [0.1, 0.15) is 32.2 Å². The average Bonchev–Trinajstić information content (AvgIpc) is 2.71. The van der Waals surface area contributed by atoms with Crippen molar-refractivity contribution >= 4 is 15.8 Å². The average molecular weight is 435 g/mol. The molecule has 0 bridgehead atoms. The van der Waals surface area contributed by atoms with Crippen LogP contribution in [0, 0.1) is 6.92 Å². The first-order valence-corrected chi connectivity index (χ1v) is 11.5. The normalized spacial score (nSPS) is 15.3. The first-order valence-electron chi connectivity index (χ1n) is 10.1. The Bertz CT molecular complexity index is 950. The van der Waals surface area contributed by atoms with Gasteiger partial charge < -0.3 is 14.4 Å². The van der Waals surface area contributed by atoms with Gasteiger partial charge in [-0.1, -0.05) is 32.9 Å². The van der Waals surface area contributed by atoms with Gasteiger partial charge in [0.15, 0.2) is 0 Å². The number of aryl methyl sites for hydroxylation is 1. The molecule has 30 heavy (non-hydrogen) atoms. The van der Waals surface area contributed by atoms with Crippen molar-refractivity contribution in [3.63, 3.8) is 0 Å². The highest BCUT2D eigenvalue weighted by Gasteiger charge is 2.18. The summed E-state index contributed by atoms with van der Waals surface area (Å²) in [4.78, 5) is 11.1. The summed E-state index contributed by atoms with van der Waals surface area (Å²) in [7, 11) is -3.60. The molecular weight excluding hydrogens is 404 g/mol. The number of anilines is 1. The minimum Gasteiger partial charge on any atom is -0.476 e. The van der Waals surface area contributed by atoms with Crippen LogP contribution in [0.25, 0.3) is 0 Å². The molecule has 0 atom stereocenters. The first-order chi connectivity index (χ1) is 14.1. The molecule has 9 heteroatoms. The molecule has 0 saturated carbocycles. The Balaban J connectivity index is 1.55. The van der Waals surface area contributed by atoms with Crippen LogP contribution in [0.2, 0.25) is 0 Å². The van der Waals surface area contributed by atoms with Crippen molar-refractivity contribution in [2.75, 3.05) is 44.4 Å². The summed E-state index contributed by atoms with van der Waals surface area (Å²) in [5.41, 5.74) is 1.05. The quantitative estimate of drug-likeness (QED) is 0.668.